The Bertz CT molecular complexity index is 1460. The molecule has 3 heterocycles. The van der Waals surface area contributed by atoms with Crippen molar-refractivity contribution >= 4 is 52.4 Å². The third-order valence-corrected chi connectivity index (χ3v) is 5.90. The fourth-order valence-corrected chi connectivity index (χ4v) is 3.90. The summed E-state index contributed by atoms with van der Waals surface area (Å²) in [5.41, 5.74) is 2.25. The number of aliphatic carboxylic acids is 4. The summed E-state index contributed by atoms with van der Waals surface area (Å²) in [4.78, 5) is 52.2. The Hall–Kier alpha value is -5.96. The Labute approximate surface area is 264 Å². The lowest BCUT2D eigenvalue weighted by Crippen LogP contribution is -2.46. The van der Waals surface area contributed by atoms with Crippen molar-refractivity contribution in [2.75, 3.05) is 54.8 Å². The van der Waals surface area contributed by atoms with Crippen LogP contribution < -0.4 is 15.5 Å². The van der Waals surface area contributed by atoms with E-state index < -0.39 is 23.9 Å². The molecule has 1 aromatic carbocycles. The van der Waals surface area contributed by atoms with E-state index in [0.717, 1.165) is 55.3 Å². The zero-order chi connectivity index (χ0) is 33.9. The number of anilines is 3. The molecule has 0 amide bonds. The van der Waals surface area contributed by atoms with Crippen molar-refractivity contribution in [2.24, 2.45) is 0 Å². The predicted octanol–water partition coefficient (Wildman–Crippen LogP) is 3.16. The maximum Gasteiger partial charge on any atom is 0.328 e. The Morgan fingerprint density at radius 2 is 1.35 bits per heavy atom. The van der Waals surface area contributed by atoms with Gasteiger partial charge in [0.05, 0.1) is 6.26 Å². The highest BCUT2D eigenvalue weighted by Gasteiger charge is 2.20. The minimum Gasteiger partial charge on any atom is -0.478 e. The minimum atomic E-state index is -1.26. The van der Waals surface area contributed by atoms with E-state index in [0.29, 0.717) is 43.3 Å². The van der Waals surface area contributed by atoms with Gasteiger partial charge in [-0.1, -0.05) is 18.2 Å². The van der Waals surface area contributed by atoms with Gasteiger partial charge in [0.1, 0.15) is 17.2 Å². The number of furan rings is 1. The average molecular weight is 637 g/mol. The molecule has 0 atom stereocenters. The van der Waals surface area contributed by atoms with Gasteiger partial charge in [0.15, 0.2) is 0 Å². The molecule has 3 aromatic rings. The lowest BCUT2D eigenvalue weighted by atomic mass is 10.1. The average Bonchev–Trinajstić information content (AvgIpc) is 3.50. The van der Waals surface area contributed by atoms with Gasteiger partial charge in [0.25, 0.3) is 0 Å². The van der Waals surface area contributed by atoms with Crippen molar-refractivity contribution in [1.82, 2.24) is 14.9 Å². The monoisotopic (exact) mass is 636 g/mol. The Kier molecular flexibility index (Phi) is 15.2. The fourth-order valence-electron chi connectivity index (χ4n) is 3.90. The summed E-state index contributed by atoms with van der Waals surface area (Å²) in [5.74, 6) is -2.70. The molecule has 1 aliphatic rings. The standard InChI is InChI=1S/C23H28N6O.2C4H4O4/c1-3-8-24-21-16-22(27-23(26-21)25-9-4-2)29-12-10-28(11-13-29)17-18-5-6-20-19(15-18)7-14-30-20;2*5-3(6)1-2-4(7)8/h3-7,14-16H,1-2,8-13,17H2,(H2,24,25,26,27);2*1-2H,(H,5,6)(H,7,8)/b;2*2-1+. The van der Waals surface area contributed by atoms with Crippen LogP contribution >= 0.6 is 0 Å². The molecule has 46 heavy (non-hydrogen) atoms. The van der Waals surface area contributed by atoms with Gasteiger partial charge in [0, 0.05) is 81.6 Å². The summed E-state index contributed by atoms with van der Waals surface area (Å²) in [6, 6.07) is 10.4. The molecule has 0 bridgehead atoms. The van der Waals surface area contributed by atoms with Crippen LogP contribution in [0.15, 0.2) is 90.6 Å². The number of hydrogen-bond acceptors (Lipinski definition) is 11. The molecule has 15 heteroatoms. The van der Waals surface area contributed by atoms with Crippen LogP contribution in [0.5, 0.6) is 0 Å². The number of rotatable bonds is 13. The molecule has 2 aromatic heterocycles. The number of carboxylic acids is 4. The van der Waals surface area contributed by atoms with Gasteiger partial charge in [0.2, 0.25) is 5.95 Å². The molecule has 1 fully saturated rings. The van der Waals surface area contributed by atoms with Crippen molar-refractivity contribution in [3.63, 3.8) is 0 Å². The fraction of sp³-hybridized carbons (Fsp3) is 0.226. The van der Waals surface area contributed by atoms with E-state index in [9.17, 15) is 19.2 Å². The van der Waals surface area contributed by atoms with Gasteiger partial charge in [-0.3, -0.25) is 4.90 Å². The summed E-state index contributed by atoms with van der Waals surface area (Å²) in [7, 11) is 0. The second-order valence-corrected chi connectivity index (χ2v) is 9.35. The number of benzene rings is 1. The van der Waals surface area contributed by atoms with Gasteiger partial charge < -0.3 is 40.4 Å². The molecular weight excluding hydrogens is 600 g/mol. The molecule has 0 saturated carbocycles. The Morgan fingerprint density at radius 3 is 1.89 bits per heavy atom. The molecule has 15 nitrogen and oxygen atoms in total. The molecular formula is C31H36N6O9. The zero-order valence-corrected chi connectivity index (χ0v) is 24.9. The number of carbonyl (C=O) groups is 4. The molecule has 1 saturated heterocycles. The first-order valence-electron chi connectivity index (χ1n) is 13.8. The Morgan fingerprint density at radius 1 is 0.783 bits per heavy atom. The van der Waals surface area contributed by atoms with Crippen LogP contribution in [0.1, 0.15) is 5.56 Å². The first kappa shape index (κ1) is 36.2. The number of nitrogens with one attached hydrogen (secondary N) is 2. The van der Waals surface area contributed by atoms with Gasteiger partial charge in [-0.15, -0.1) is 13.2 Å². The maximum atomic E-state index is 9.55. The molecule has 244 valence electrons. The molecule has 0 aliphatic carbocycles. The van der Waals surface area contributed by atoms with Gasteiger partial charge in [-0.25, -0.2) is 19.2 Å². The van der Waals surface area contributed by atoms with Crippen molar-refractivity contribution < 1.29 is 44.0 Å². The van der Waals surface area contributed by atoms with E-state index in [4.69, 9.17) is 29.8 Å². The summed E-state index contributed by atoms with van der Waals surface area (Å²) in [6.45, 7) is 13.5. The normalized spacial score (nSPS) is 12.8. The van der Waals surface area contributed by atoms with Gasteiger partial charge in [-0.05, 0) is 23.8 Å². The number of nitrogens with zero attached hydrogens (tertiary/aromatic N) is 4. The quantitative estimate of drug-likeness (QED) is 0.117. The number of carboxylic acid groups (broad SMARTS) is 4. The second-order valence-electron chi connectivity index (χ2n) is 9.35. The van der Waals surface area contributed by atoms with Crippen LogP contribution in [0.3, 0.4) is 0 Å². The van der Waals surface area contributed by atoms with E-state index in [1.165, 1.54) is 5.56 Å². The minimum absolute atomic E-state index is 0.558. The van der Waals surface area contributed by atoms with Crippen LogP contribution in [0.25, 0.3) is 11.0 Å². The summed E-state index contributed by atoms with van der Waals surface area (Å²) in [5, 5.41) is 38.9. The van der Waals surface area contributed by atoms with E-state index >= 15 is 0 Å². The van der Waals surface area contributed by atoms with Crippen molar-refractivity contribution in [1.29, 1.82) is 0 Å². The smallest absolute Gasteiger partial charge is 0.328 e. The lowest BCUT2D eigenvalue weighted by Gasteiger charge is -2.35. The first-order chi connectivity index (χ1) is 22.0. The third-order valence-electron chi connectivity index (χ3n) is 5.90. The largest absolute Gasteiger partial charge is 0.478 e. The number of aromatic nitrogens is 2. The van der Waals surface area contributed by atoms with Crippen molar-refractivity contribution in [3.05, 3.63) is 91.8 Å². The van der Waals surface area contributed by atoms with Crippen molar-refractivity contribution in [3.8, 4) is 0 Å². The van der Waals surface area contributed by atoms with E-state index in [-0.39, 0.29) is 0 Å². The maximum absolute atomic E-state index is 9.55. The highest BCUT2D eigenvalue weighted by Crippen LogP contribution is 2.22. The molecule has 4 rings (SSSR count). The van der Waals surface area contributed by atoms with Crippen LogP contribution in [0, 0.1) is 0 Å². The number of fused-ring (bicyclic) bond motifs is 1. The van der Waals surface area contributed by atoms with Gasteiger partial charge >= 0.3 is 23.9 Å². The zero-order valence-electron chi connectivity index (χ0n) is 24.9. The first-order valence-corrected chi connectivity index (χ1v) is 13.8. The van der Waals surface area contributed by atoms with Gasteiger partial charge in [-0.2, -0.15) is 9.97 Å². The third kappa shape index (κ3) is 14.0. The van der Waals surface area contributed by atoms with Crippen LogP contribution in [-0.2, 0) is 25.7 Å². The highest BCUT2D eigenvalue weighted by molar-refractivity contribution is 5.90. The van der Waals surface area contributed by atoms with Crippen LogP contribution in [0.2, 0.25) is 0 Å². The summed E-state index contributed by atoms with van der Waals surface area (Å²) >= 11 is 0. The molecule has 1 aliphatic heterocycles. The number of piperazine rings is 1. The predicted molar refractivity (Wildman–Crippen MR) is 172 cm³/mol. The SMILES string of the molecule is C=CCNc1cc(N2CCN(Cc3ccc4occc4c3)CC2)nc(NCC=C)n1.O=C(O)/C=C/C(=O)O.O=C(O)/C=C/C(=O)O. The molecule has 0 unspecified atom stereocenters. The number of hydrogen-bond donors (Lipinski definition) is 6. The molecule has 0 radical (unpaired) electrons. The topological polar surface area (TPSA) is 219 Å². The molecule has 6 N–H and O–H groups in total. The second kappa shape index (κ2) is 19.3. The van der Waals surface area contributed by atoms with E-state index in [2.05, 4.69) is 56.8 Å². The molecule has 0 spiro atoms. The Balaban J connectivity index is 0.000000381. The summed E-state index contributed by atoms with van der Waals surface area (Å²) in [6.07, 6.45) is 7.59. The van der Waals surface area contributed by atoms with Crippen LogP contribution in [-0.4, -0.2) is 98.4 Å². The van der Waals surface area contributed by atoms with E-state index in [1.807, 2.05) is 18.2 Å². The van der Waals surface area contributed by atoms with E-state index in [1.54, 1.807) is 12.3 Å². The summed E-state index contributed by atoms with van der Waals surface area (Å²) < 4.78 is 5.44. The van der Waals surface area contributed by atoms with Crippen LogP contribution in [0.4, 0.5) is 17.6 Å². The lowest BCUT2D eigenvalue weighted by molar-refractivity contribution is -0.134. The van der Waals surface area contributed by atoms with Crippen molar-refractivity contribution in [2.45, 2.75) is 6.54 Å². The highest BCUT2D eigenvalue weighted by atomic mass is 16.4.